The molecular formula is C20H28N6O2. The first-order chi connectivity index (χ1) is 13.6. The summed E-state index contributed by atoms with van der Waals surface area (Å²) in [5, 5.41) is 4.26. The van der Waals surface area contributed by atoms with Crippen LogP contribution in [0.1, 0.15) is 57.0 Å². The van der Waals surface area contributed by atoms with E-state index in [0.717, 1.165) is 30.7 Å². The molecule has 28 heavy (non-hydrogen) atoms. The highest BCUT2D eigenvalue weighted by molar-refractivity contribution is 5.81. The molecule has 0 radical (unpaired) electrons. The Kier molecular flexibility index (Phi) is 4.95. The number of aromatic nitrogens is 4. The van der Waals surface area contributed by atoms with E-state index in [1.165, 1.54) is 0 Å². The van der Waals surface area contributed by atoms with Gasteiger partial charge in [0.05, 0.1) is 17.6 Å². The van der Waals surface area contributed by atoms with Crippen LogP contribution in [0.5, 0.6) is 0 Å². The molecule has 2 aliphatic heterocycles. The lowest BCUT2D eigenvalue weighted by atomic mass is 9.78. The molecule has 1 unspecified atom stereocenters. The van der Waals surface area contributed by atoms with Gasteiger partial charge in [0.15, 0.2) is 0 Å². The first-order valence-electron chi connectivity index (χ1n) is 10.2. The van der Waals surface area contributed by atoms with Crippen LogP contribution in [-0.2, 0) is 21.5 Å². The Morgan fingerprint density at radius 3 is 2.68 bits per heavy atom. The van der Waals surface area contributed by atoms with Crippen LogP contribution in [0.3, 0.4) is 0 Å². The lowest BCUT2D eigenvalue weighted by Gasteiger charge is -2.50. The van der Waals surface area contributed by atoms with E-state index in [-0.39, 0.29) is 17.9 Å². The van der Waals surface area contributed by atoms with E-state index in [0.29, 0.717) is 32.5 Å². The molecule has 8 nitrogen and oxygen atoms in total. The molecule has 1 saturated heterocycles. The van der Waals surface area contributed by atoms with E-state index >= 15 is 0 Å². The highest BCUT2D eigenvalue weighted by Crippen LogP contribution is 2.42. The van der Waals surface area contributed by atoms with Gasteiger partial charge in [-0.3, -0.25) is 14.3 Å². The summed E-state index contributed by atoms with van der Waals surface area (Å²) in [7, 11) is 0. The molecule has 150 valence electrons. The van der Waals surface area contributed by atoms with Crippen LogP contribution in [-0.4, -0.2) is 61.0 Å². The average molecular weight is 384 g/mol. The Balaban J connectivity index is 1.56. The van der Waals surface area contributed by atoms with Crippen LogP contribution in [0.15, 0.2) is 24.8 Å². The second-order valence-corrected chi connectivity index (χ2v) is 7.65. The van der Waals surface area contributed by atoms with Gasteiger partial charge in [0.2, 0.25) is 11.8 Å². The molecule has 2 aliphatic rings. The number of carbonyl (C=O) groups excluding carboxylic acids is 2. The Morgan fingerprint density at radius 2 is 2.04 bits per heavy atom. The number of piperidine rings is 1. The van der Waals surface area contributed by atoms with Crippen molar-refractivity contribution in [3.05, 3.63) is 36.2 Å². The van der Waals surface area contributed by atoms with E-state index in [1.54, 1.807) is 17.2 Å². The topological polar surface area (TPSA) is 87.1 Å². The largest absolute Gasteiger partial charge is 0.348 e. The quantitative estimate of drug-likeness (QED) is 0.872. The van der Waals surface area contributed by atoms with Gasteiger partial charge < -0.3 is 14.8 Å². The third kappa shape index (κ3) is 2.91. The fraction of sp³-hybridized carbons (Fsp3) is 0.600. The molecule has 1 spiro atoms. The minimum absolute atomic E-state index is 0.104. The minimum Gasteiger partial charge on any atom is -0.348 e. The Hall–Kier alpha value is -2.64. The van der Waals surface area contributed by atoms with Gasteiger partial charge in [0, 0.05) is 50.6 Å². The summed E-state index contributed by atoms with van der Waals surface area (Å²) in [6.45, 7) is 5.87. The molecule has 1 N–H and O–H groups in total. The highest BCUT2D eigenvalue weighted by Gasteiger charge is 2.49. The number of rotatable bonds is 4. The summed E-state index contributed by atoms with van der Waals surface area (Å²) < 4.78 is 1.74. The van der Waals surface area contributed by atoms with Crippen molar-refractivity contribution < 1.29 is 9.59 Å². The van der Waals surface area contributed by atoms with Crippen LogP contribution in [0.2, 0.25) is 0 Å². The molecule has 1 atom stereocenters. The van der Waals surface area contributed by atoms with Gasteiger partial charge in [-0.2, -0.15) is 5.10 Å². The van der Waals surface area contributed by atoms with Crippen LogP contribution >= 0.6 is 0 Å². The SMILES string of the molecule is CCC(=O)N1CCc2[nH]cnc2C12CCN(C(=O)C(CC)n1cccn1)CC2. The van der Waals surface area contributed by atoms with Crippen LogP contribution < -0.4 is 0 Å². The van der Waals surface area contributed by atoms with E-state index in [4.69, 9.17) is 0 Å². The van der Waals surface area contributed by atoms with Crippen molar-refractivity contribution in [3.63, 3.8) is 0 Å². The fourth-order valence-electron chi connectivity index (χ4n) is 4.79. The molecule has 0 bridgehead atoms. The van der Waals surface area contributed by atoms with Crippen molar-refractivity contribution in [3.8, 4) is 0 Å². The number of nitrogens with one attached hydrogen (secondary N) is 1. The van der Waals surface area contributed by atoms with Gasteiger partial charge in [-0.15, -0.1) is 0 Å². The molecule has 8 heteroatoms. The molecule has 2 amide bonds. The van der Waals surface area contributed by atoms with E-state index < -0.39 is 5.54 Å². The Labute approximate surface area is 164 Å². The third-order valence-corrected chi connectivity index (χ3v) is 6.28. The zero-order valence-corrected chi connectivity index (χ0v) is 16.6. The molecule has 2 aromatic rings. The second kappa shape index (κ2) is 7.41. The van der Waals surface area contributed by atoms with Crippen molar-refractivity contribution in [2.45, 2.75) is 57.5 Å². The number of imidazole rings is 1. The van der Waals surface area contributed by atoms with Gasteiger partial charge in [0.1, 0.15) is 6.04 Å². The van der Waals surface area contributed by atoms with E-state index in [1.807, 2.05) is 35.9 Å². The number of amides is 2. The number of H-pyrrole nitrogens is 1. The number of hydrogen-bond acceptors (Lipinski definition) is 4. The standard InChI is InChI=1S/C20H28N6O2/c1-3-16(26-10-5-9-23-26)19(28)24-12-7-20(8-13-24)18-15(21-14-22-18)6-11-25(20)17(27)4-2/h5,9-10,14,16H,3-4,6-8,11-13H2,1-2H3,(H,21,22). The summed E-state index contributed by atoms with van der Waals surface area (Å²) in [6.07, 6.45) is 8.72. The number of nitrogens with zero attached hydrogens (tertiary/aromatic N) is 5. The van der Waals surface area contributed by atoms with Crippen molar-refractivity contribution >= 4 is 11.8 Å². The highest BCUT2D eigenvalue weighted by atomic mass is 16.2. The number of aromatic amines is 1. The smallest absolute Gasteiger partial charge is 0.247 e. The summed E-state index contributed by atoms with van der Waals surface area (Å²) in [6, 6.07) is 1.57. The summed E-state index contributed by atoms with van der Waals surface area (Å²) >= 11 is 0. The second-order valence-electron chi connectivity index (χ2n) is 7.65. The third-order valence-electron chi connectivity index (χ3n) is 6.28. The molecule has 1 fully saturated rings. The summed E-state index contributed by atoms with van der Waals surface area (Å²) in [4.78, 5) is 37.6. The van der Waals surface area contributed by atoms with Gasteiger partial charge in [0.25, 0.3) is 0 Å². The zero-order chi connectivity index (χ0) is 19.7. The number of hydrogen-bond donors (Lipinski definition) is 1. The maximum Gasteiger partial charge on any atom is 0.247 e. The Bertz CT molecular complexity index is 835. The van der Waals surface area contributed by atoms with E-state index in [9.17, 15) is 9.59 Å². The van der Waals surface area contributed by atoms with Crippen molar-refractivity contribution in [2.75, 3.05) is 19.6 Å². The van der Waals surface area contributed by atoms with Gasteiger partial charge in [-0.1, -0.05) is 13.8 Å². The lowest BCUT2D eigenvalue weighted by molar-refractivity contribution is -0.145. The first-order valence-corrected chi connectivity index (χ1v) is 10.2. The normalized spacial score (nSPS) is 19.5. The average Bonchev–Trinajstić information content (AvgIpc) is 3.41. The van der Waals surface area contributed by atoms with E-state index in [2.05, 4.69) is 15.1 Å². The minimum atomic E-state index is -0.398. The Morgan fingerprint density at radius 1 is 1.25 bits per heavy atom. The molecule has 4 rings (SSSR count). The maximum atomic E-state index is 13.1. The van der Waals surface area contributed by atoms with Crippen LogP contribution in [0.4, 0.5) is 0 Å². The molecule has 0 aliphatic carbocycles. The van der Waals surface area contributed by atoms with Crippen LogP contribution in [0, 0.1) is 0 Å². The summed E-state index contributed by atoms with van der Waals surface area (Å²) in [5.74, 6) is 0.267. The summed E-state index contributed by atoms with van der Waals surface area (Å²) in [5.41, 5.74) is 1.72. The van der Waals surface area contributed by atoms with Gasteiger partial charge >= 0.3 is 0 Å². The van der Waals surface area contributed by atoms with Crippen molar-refractivity contribution in [1.82, 2.24) is 29.5 Å². The molecule has 4 heterocycles. The number of carbonyl (C=O) groups is 2. The number of likely N-dealkylation sites (tertiary alicyclic amines) is 1. The van der Waals surface area contributed by atoms with Crippen molar-refractivity contribution in [2.24, 2.45) is 0 Å². The monoisotopic (exact) mass is 384 g/mol. The predicted octanol–water partition coefficient (Wildman–Crippen LogP) is 1.87. The van der Waals surface area contributed by atoms with Gasteiger partial charge in [-0.05, 0) is 25.3 Å². The van der Waals surface area contributed by atoms with Crippen molar-refractivity contribution in [1.29, 1.82) is 0 Å². The van der Waals surface area contributed by atoms with Crippen LogP contribution in [0.25, 0.3) is 0 Å². The fourth-order valence-corrected chi connectivity index (χ4v) is 4.79. The molecular weight excluding hydrogens is 356 g/mol. The molecule has 2 aromatic heterocycles. The molecule has 0 saturated carbocycles. The maximum absolute atomic E-state index is 13.1. The first kappa shape index (κ1) is 18.7. The number of fused-ring (bicyclic) bond motifs is 2. The zero-order valence-electron chi connectivity index (χ0n) is 16.6. The van der Waals surface area contributed by atoms with Gasteiger partial charge in [-0.25, -0.2) is 4.98 Å². The predicted molar refractivity (Wildman–Crippen MR) is 103 cm³/mol. The lowest BCUT2D eigenvalue weighted by Crippen LogP contribution is -2.59. The molecule has 0 aromatic carbocycles.